The quantitative estimate of drug-likeness (QED) is 0.871. The second kappa shape index (κ2) is 5.04. The largest absolute Gasteiger partial charge is 0.491 e. The van der Waals surface area contributed by atoms with Crippen molar-refractivity contribution in [3.8, 4) is 5.75 Å². The van der Waals surface area contributed by atoms with Crippen molar-refractivity contribution < 1.29 is 9.13 Å². The third-order valence-electron chi connectivity index (χ3n) is 3.60. The molecule has 104 valence electrons. The molecule has 0 aromatic heterocycles. The summed E-state index contributed by atoms with van der Waals surface area (Å²) in [5, 5.41) is 0. The summed E-state index contributed by atoms with van der Waals surface area (Å²) in [6.45, 7) is 3.78. The van der Waals surface area contributed by atoms with Gasteiger partial charge in [-0.3, -0.25) is 0 Å². The Bertz CT molecular complexity index is 642. The second-order valence-electron chi connectivity index (χ2n) is 4.89. The molecular weight excluding hydrogens is 255 g/mol. The molecule has 0 saturated carbocycles. The number of anilines is 2. The summed E-state index contributed by atoms with van der Waals surface area (Å²) in [5.74, 6) is -0.0271. The topological polar surface area (TPSA) is 38.5 Å². The molecule has 1 aliphatic rings. The lowest BCUT2D eigenvalue weighted by Crippen LogP contribution is -2.14. The summed E-state index contributed by atoms with van der Waals surface area (Å²) in [5.41, 5.74) is 9.98. The van der Waals surface area contributed by atoms with Crippen molar-refractivity contribution in [1.29, 1.82) is 0 Å². The molecule has 2 aromatic carbocycles. The van der Waals surface area contributed by atoms with E-state index in [1.807, 2.05) is 25.1 Å². The minimum atomic E-state index is -0.326. The minimum absolute atomic E-state index is 0.299. The molecule has 0 saturated heterocycles. The normalized spacial score (nSPS) is 13.4. The first-order chi connectivity index (χ1) is 9.69. The van der Waals surface area contributed by atoms with Gasteiger partial charge in [0.15, 0.2) is 11.6 Å². The number of hydrogen-bond acceptors (Lipinski definition) is 3. The molecule has 20 heavy (non-hydrogen) atoms. The van der Waals surface area contributed by atoms with E-state index in [1.165, 1.54) is 11.6 Å². The Morgan fingerprint density at radius 2 is 2.10 bits per heavy atom. The fourth-order valence-corrected chi connectivity index (χ4v) is 2.59. The van der Waals surface area contributed by atoms with E-state index in [4.69, 9.17) is 10.5 Å². The van der Waals surface area contributed by atoms with Crippen LogP contribution < -0.4 is 15.4 Å². The van der Waals surface area contributed by atoms with E-state index < -0.39 is 0 Å². The van der Waals surface area contributed by atoms with E-state index in [-0.39, 0.29) is 5.82 Å². The molecule has 2 N–H and O–H groups in total. The molecule has 0 aliphatic carbocycles. The van der Waals surface area contributed by atoms with Crippen molar-refractivity contribution in [3.05, 3.63) is 53.3 Å². The molecule has 2 aromatic rings. The smallest absolute Gasteiger partial charge is 0.167 e. The molecule has 0 spiro atoms. The van der Waals surface area contributed by atoms with E-state index in [0.717, 1.165) is 30.0 Å². The van der Waals surface area contributed by atoms with Gasteiger partial charge in [-0.1, -0.05) is 12.1 Å². The average Bonchev–Trinajstić information content (AvgIpc) is 2.87. The van der Waals surface area contributed by atoms with Crippen LogP contribution in [-0.4, -0.2) is 6.61 Å². The Morgan fingerprint density at radius 1 is 1.25 bits per heavy atom. The van der Waals surface area contributed by atoms with Crippen LogP contribution in [-0.2, 0) is 13.1 Å². The molecule has 0 fully saturated rings. The summed E-state index contributed by atoms with van der Waals surface area (Å²) in [7, 11) is 0. The van der Waals surface area contributed by atoms with Crippen LogP contribution in [0.5, 0.6) is 5.75 Å². The Morgan fingerprint density at radius 3 is 2.80 bits per heavy atom. The zero-order valence-corrected chi connectivity index (χ0v) is 11.4. The maximum absolute atomic E-state index is 13.9. The van der Waals surface area contributed by atoms with Crippen molar-refractivity contribution in [2.75, 3.05) is 17.2 Å². The summed E-state index contributed by atoms with van der Waals surface area (Å²) in [4.78, 5) is 2.11. The fraction of sp³-hybridized carbons (Fsp3) is 0.250. The van der Waals surface area contributed by atoms with Crippen LogP contribution in [0.1, 0.15) is 18.1 Å². The standard InChI is InChI=1S/C16H17FN2O/c1-2-20-16-7-6-12(8-14(16)17)19-9-11-4-3-5-15(18)13(11)10-19/h3-8H,2,9-10,18H2,1H3. The number of halogens is 1. The molecule has 3 nitrogen and oxygen atoms in total. The molecule has 0 unspecified atom stereocenters. The van der Waals surface area contributed by atoms with Gasteiger partial charge < -0.3 is 15.4 Å². The summed E-state index contributed by atoms with van der Waals surface area (Å²) in [6, 6.07) is 11.0. The van der Waals surface area contributed by atoms with E-state index in [2.05, 4.69) is 11.0 Å². The van der Waals surface area contributed by atoms with Crippen LogP contribution in [0.2, 0.25) is 0 Å². The molecule has 0 radical (unpaired) electrons. The summed E-state index contributed by atoms with van der Waals surface area (Å²) in [6.07, 6.45) is 0. The lowest BCUT2D eigenvalue weighted by atomic mass is 10.1. The Kier molecular flexibility index (Phi) is 3.22. The minimum Gasteiger partial charge on any atom is -0.491 e. The van der Waals surface area contributed by atoms with Gasteiger partial charge in [0.1, 0.15) is 0 Å². The molecular formula is C16H17FN2O. The lowest BCUT2D eigenvalue weighted by Gasteiger charge is -2.18. The molecule has 1 aliphatic heterocycles. The number of rotatable bonds is 3. The van der Waals surface area contributed by atoms with Crippen molar-refractivity contribution in [3.63, 3.8) is 0 Å². The van der Waals surface area contributed by atoms with E-state index in [0.29, 0.717) is 12.4 Å². The zero-order valence-electron chi connectivity index (χ0n) is 11.4. The molecule has 3 rings (SSSR count). The van der Waals surface area contributed by atoms with Gasteiger partial charge >= 0.3 is 0 Å². The van der Waals surface area contributed by atoms with Crippen LogP contribution in [0.25, 0.3) is 0 Å². The molecule has 4 heteroatoms. The molecule has 0 amide bonds. The predicted octanol–water partition coefficient (Wildman–Crippen LogP) is 3.33. The first-order valence-corrected chi connectivity index (χ1v) is 6.72. The first kappa shape index (κ1) is 12.8. The Hall–Kier alpha value is -2.23. The van der Waals surface area contributed by atoms with Crippen LogP contribution in [0.15, 0.2) is 36.4 Å². The van der Waals surface area contributed by atoms with Crippen molar-refractivity contribution in [2.24, 2.45) is 0 Å². The van der Waals surface area contributed by atoms with Gasteiger partial charge in [0.05, 0.1) is 6.61 Å². The highest BCUT2D eigenvalue weighted by Crippen LogP contribution is 2.33. The second-order valence-corrected chi connectivity index (χ2v) is 4.89. The first-order valence-electron chi connectivity index (χ1n) is 6.72. The van der Waals surface area contributed by atoms with Gasteiger partial charge in [-0.25, -0.2) is 4.39 Å². The van der Waals surface area contributed by atoms with Crippen molar-refractivity contribution in [2.45, 2.75) is 20.0 Å². The van der Waals surface area contributed by atoms with Crippen LogP contribution in [0.4, 0.5) is 15.8 Å². The number of nitrogen functional groups attached to an aromatic ring is 1. The third kappa shape index (κ3) is 2.18. The predicted molar refractivity (Wildman–Crippen MR) is 78.3 cm³/mol. The number of hydrogen-bond donors (Lipinski definition) is 1. The Balaban J connectivity index is 1.86. The van der Waals surface area contributed by atoms with Crippen molar-refractivity contribution >= 4 is 11.4 Å². The number of fused-ring (bicyclic) bond motifs is 1. The van der Waals surface area contributed by atoms with Gasteiger partial charge in [-0.05, 0) is 36.2 Å². The van der Waals surface area contributed by atoms with E-state index in [1.54, 1.807) is 6.07 Å². The number of nitrogens with zero attached hydrogens (tertiary/aromatic N) is 1. The SMILES string of the molecule is CCOc1ccc(N2Cc3cccc(N)c3C2)cc1F. The highest BCUT2D eigenvalue weighted by molar-refractivity contribution is 5.60. The highest BCUT2D eigenvalue weighted by atomic mass is 19.1. The fourth-order valence-electron chi connectivity index (χ4n) is 2.59. The van der Waals surface area contributed by atoms with Gasteiger partial charge in [0.25, 0.3) is 0 Å². The van der Waals surface area contributed by atoms with E-state index in [9.17, 15) is 4.39 Å². The number of benzene rings is 2. The van der Waals surface area contributed by atoms with Crippen LogP contribution in [0.3, 0.4) is 0 Å². The Labute approximate surface area is 117 Å². The molecule has 0 bridgehead atoms. The maximum Gasteiger partial charge on any atom is 0.167 e. The maximum atomic E-state index is 13.9. The van der Waals surface area contributed by atoms with Crippen LogP contribution >= 0.6 is 0 Å². The summed E-state index contributed by atoms with van der Waals surface area (Å²) >= 11 is 0. The number of ether oxygens (including phenoxy) is 1. The average molecular weight is 272 g/mol. The molecule has 0 atom stereocenters. The van der Waals surface area contributed by atoms with Gasteiger partial charge in [-0.15, -0.1) is 0 Å². The van der Waals surface area contributed by atoms with Gasteiger partial charge in [-0.2, -0.15) is 0 Å². The highest BCUT2D eigenvalue weighted by Gasteiger charge is 2.21. The zero-order chi connectivity index (χ0) is 14.1. The van der Waals surface area contributed by atoms with Gasteiger partial charge in [0, 0.05) is 30.5 Å². The number of nitrogens with two attached hydrogens (primary N) is 1. The third-order valence-corrected chi connectivity index (χ3v) is 3.60. The molecule has 1 heterocycles. The van der Waals surface area contributed by atoms with E-state index >= 15 is 0 Å². The summed E-state index contributed by atoms with van der Waals surface area (Å²) < 4.78 is 19.1. The van der Waals surface area contributed by atoms with Crippen molar-refractivity contribution in [1.82, 2.24) is 0 Å². The monoisotopic (exact) mass is 272 g/mol. The van der Waals surface area contributed by atoms with Gasteiger partial charge in [0.2, 0.25) is 0 Å². The lowest BCUT2D eigenvalue weighted by molar-refractivity contribution is 0.321. The van der Waals surface area contributed by atoms with Crippen LogP contribution in [0, 0.1) is 5.82 Å².